The number of carboxylic acids is 1. The first-order valence-electron chi connectivity index (χ1n) is 6.81. The molecule has 0 unspecified atom stereocenters. The highest BCUT2D eigenvalue weighted by molar-refractivity contribution is 7.08. The molecule has 0 saturated heterocycles. The lowest BCUT2D eigenvalue weighted by Crippen LogP contribution is -2.04. The van der Waals surface area contributed by atoms with Crippen LogP contribution in [0.1, 0.15) is 16.8 Å². The summed E-state index contributed by atoms with van der Waals surface area (Å²) in [5, 5.41) is 21.2. The van der Waals surface area contributed by atoms with Crippen LogP contribution in [0.2, 0.25) is 5.02 Å². The summed E-state index contributed by atoms with van der Waals surface area (Å²) in [5.74, 6) is -1.05. The Morgan fingerprint density at radius 1 is 1.39 bits per heavy atom. The smallest absolute Gasteiger partial charge is 0.307 e. The van der Waals surface area contributed by atoms with Gasteiger partial charge in [0.2, 0.25) is 0 Å². The van der Waals surface area contributed by atoms with E-state index in [4.69, 9.17) is 16.7 Å². The van der Waals surface area contributed by atoms with Gasteiger partial charge in [0.05, 0.1) is 17.0 Å². The predicted molar refractivity (Wildman–Crippen MR) is 88.1 cm³/mol. The third kappa shape index (κ3) is 2.92. The fraction of sp³-hybridized carbons (Fsp3) is 0.188. The quantitative estimate of drug-likeness (QED) is 0.739. The van der Waals surface area contributed by atoms with Gasteiger partial charge in [0.15, 0.2) is 5.13 Å². The van der Waals surface area contributed by atoms with Crippen LogP contribution in [0.25, 0.3) is 10.9 Å². The topological polar surface area (TPSA) is 62.5 Å². The van der Waals surface area contributed by atoms with Gasteiger partial charge in [0.25, 0.3) is 0 Å². The van der Waals surface area contributed by atoms with E-state index in [1.54, 1.807) is 11.4 Å². The Morgan fingerprint density at radius 3 is 2.74 bits per heavy atom. The highest BCUT2D eigenvalue weighted by Gasteiger charge is 2.18. The molecule has 0 amide bonds. The Kier molecular flexibility index (Phi) is 4.04. The van der Waals surface area contributed by atoms with Crippen LogP contribution in [0, 0.1) is 12.1 Å². The number of carboxylic acid groups (broad SMARTS) is 1. The largest absolute Gasteiger partial charge is 0.506 e. The summed E-state index contributed by atoms with van der Waals surface area (Å²) >= 11 is 7.01. The predicted octanol–water partition coefficient (Wildman–Crippen LogP) is 4.18. The number of carbonyl (C=O) groups is 1. The SMILES string of the molecule is Cc1c(CC(=O)O)c2cc(O)c(Cl)cc2n1Cc1csc(F)c1. The molecule has 120 valence electrons. The van der Waals surface area contributed by atoms with Crippen LogP contribution in [0.4, 0.5) is 4.39 Å². The van der Waals surface area contributed by atoms with E-state index in [-0.39, 0.29) is 22.3 Å². The number of rotatable bonds is 4. The van der Waals surface area contributed by atoms with Crippen molar-refractivity contribution in [1.29, 1.82) is 0 Å². The third-order valence-electron chi connectivity index (χ3n) is 3.81. The first-order chi connectivity index (χ1) is 10.9. The molecule has 0 fully saturated rings. The Bertz CT molecular complexity index is 916. The Balaban J connectivity index is 2.21. The number of hydrogen-bond donors (Lipinski definition) is 2. The van der Waals surface area contributed by atoms with Gasteiger partial charge in [0.1, 0.15) is 5.75 Å². The van der Waals surface area contributed by atoms with E-state index in [0.717, 1.165) is 22.6 Å². The summed E-state index contributed by atoms with van der Waals surface area (Å²) in [6.45, 7) is 2.22. The lowest BCUT2D eigenvalue weighted by Gasteiger charge is -2.08. The summed E-state index contributed by atoms with van der Waals surface area (Å²) in [6, 6.07) is 4.54. The molecule has 2 N–H and O–H groups in total. The molecular formula is C16H13ClFNO3S. The summed E-state index contributed by atoms with van der Waals surface area (Å²) in [6.07, 6.45) is -0.158. The number of halogens is 2. The van der Waals surface area contributed by atoms with Gasteiger partial charge in [-0.3, -0.25) is 4.79 Å². The van der Waals surface area contributed by atoms with Gasteiger partial charge in [-0.2, -0.15) is 4.39 Å². The number of thiophene rings is 1. The number of phenols is 1. The van der Waals surface area contributed by atoms with E-state index in [0.29, 0.717) is 23.0 Å². The number of fused-ring (bicyclic) bond motifs is 1. The highest BCUT2D eigenvalue weighted by Crippen LogP contribution is 2.35. The lowest BCUT2D eigenvalue weighted by molar-refractivity contribution is -0.136. The minimum absolute atomic E-state index is 0.0930. The monoisotopic (exact) mass is 353 g/mol. The molecule has 0 aliphatic carbocycles. The van der Waals surface area contributed by atoms with Gasteiger partial charge in [0, 0.05) is 17.6 Å². The van der Waals surface area contributed by atoms with E-state index in [2.05, 4.69) is 0 Å². The zero-order chi connectivity index (χ0) is 16.7. The Hall–Kier alpha value is -2.05. The van der Waals surface area contributed by atoms with Gasteiger partial charge in [-0.05, 0) is 41.6 Å². The number of nitrogens with zero attached hydrogens (tertiary/aromatic N) is 1. The molecule has 0 atom stereocenters. The third-order valence-corrected chi connectivity index (χ3v) is 4.88. The molecule has 1 aromatic carbocycles. The highest BCUT2D eigenvalue weighted by atomic mass is 35.5. The number of hydrogen-bond acceptors (Lipinski definition) is 3. The van der Waals surface area contributed by atoms with Crippen molar-refractivity contribution in [2.24, 2.45) is 0 Å². The maximum Gasteiger partial charge on any atom is 0.307 e. The van der Waals surface area contributed by atoms with Gasteiger partial charge in [-0.1, -0.05) is 11.6 Å². The van der Waals surface area contributed by atoms with Crippen molar-refractivity contribution in [3.05, 3.63) is 50.6 Å². The minimum Gasteiger partial charge on any atom is -0.506 e. The maximum atomic E-state index is 13.2. The van der Waals surface area contributed by atoms with Crippen LogP contribution >= 0.6 is 22.9 Å². The van der Waals surface area contributed by atoms with E-state index >= 15 is 0 Å². The molecule has 23 heavy (non-hydrogen) atoms. The van der Waals surface area contributed by atoms with Crippen molar-refractivity contribution in [2.75, 3.05) is 0 Å². The van der Waals surface area contributed by atoms with Gasteiger partial charge in [-0.15, -0.1) is 11.3 Å². The van der Waals surface area contributed by atoms with Gasteiger partial charge < -0.3 is 14.8 Å². The van der Waals surface area contributed by atoms with Crippen LogP contribution in [0.5, 0.6) is 5.75 Å². The summed E-state index contributed by atoms with van der Waals surface area (Å²) in [7, 11) is 0. The zero-order valence-electron chi connectivity index (χ0n) is 12.1. The number of aromatic nitrogens is 1. The molecule has 2 aromatic heterocycles. The number of phenolic OH excluding ortho intramolecular Hbond substituents is 1. The molecule has 0 saturated carbocycles. The van der Waals surface area contributed by atoms with Crippen molar-refractivity contribution >= 4 is 39.8 Å². The average Bonchev–Trinajstić information content (AvgIpc) is 2.98. The Labute approximate surface area is 140 Å². The van der Waals surface area contributed by atoms with Crippen molar-refractivity contribution in [3.8, 4) is 5.75 Å². The second-order valence-electron chi connectivity index (χ2n) is 5.30. The molecule has 0 radical (unpaired) electrons. The van der Waals surface area contributed by atoms with Crippen LogP contribution < -0.4 is 0 Å². The van der Waals surface area contributed by atoms with Crippen molar-refractivity contribution in [3.63, 3.8) is 0 Å². The summed E-state index contributed by atoms with van der Waals surface area (Å²) in [4.78, 5) is 11.1. The fourth-order valence-corrected chi connectivity index (χ4v) is 3.53. The summed E-state index contributed by atoms with van der Waals surface area (Å²) < 4.78 is 15.1. The van der Waals surface area contributed by atoms with Crippen molar-refractivity contribution in [1.82, 2.24) is 4.57 Å². The first kappa shape index (κ1) is 15.8. The number of benzene rings is 1. The zero-order valence-corrected chi connectivity index (χ0v) is 13.7. The molecule has 2 heterocycles. The Morgan fingerprint density at radius 2 is 2.13 bits per heavy atom. The molecule has 0 bridgehead atoms. The molecule has 7 heteroatoms. The van der Waals surface area contributed by atoms with Crippen LogP contribution in [-0.2, 0) is 17.8 Å². The molecule has 0 aliphatic heterocycles. The van der Waals surface area contributed by atoms with Crippen molar-refractivity contribution in [2.45, 2.75) is 19.9 Å². The van der Waals surface area contributed by atoms with Gasteiger partial charge in [-0.25, -0.2) is 0 Å². The van der Waals surface area contributed by atoms with E-state index in [1.165, 1.54) is 12.1 Å². The molecule has 0 aliphatic rings. The van der Waals surface area contributed by atoms with E-state index in [1.807, 2.05) is 11.5 Å². The second kappa shape index (κ2) is 5.86. The second-order valence-corrected chi connectivity index (χ2v) is 6.57. The average molecular weight is 354 g/mol. The minimum atomic E-state index is -0.955. The molecule has 3 aromatic rings. The van der Waals surface area contributed by atoms with E-state index < -0.39 is 5.97 Å². The van der Waals surface area contributed by atoms with E-state index in [9.17, 15) is 14.3 Å². The van der Waals surface area contributed by atoms with Crippen molar-refractivity contribution < 1.29 is 19.4 Å². The standard InChI is InChI=1S/C16H13ClFNO3S/c1-8-10(4-16(21)22)11-3-14(20)12(17)5-13(11)19(8)6-9-2-15(18)23-7-9/h2-3,5,7,20H,4,6H2,1H3,(H,21,22). The van der Waals surface area contributed by atoms with Gasteiger partial charge >= 0.3 is 5.97 Å². The molecular weight excluding hydrogens is 341 g/mol. The maximum absolute atomic E-state index is 13.2. The number of aromatic hydroxyl groups is 1. The first-order valence-corrected chi connectivity index (χ1v) is 8.07. The fourth-order valence-electron chi connectivity index (χ4n) is 2.74. The normalized spacial score (nSPS) is 11.3. The lowest BCUT2D eigenvalue weighted by atomic mass is 10.1. The molecule has 4 nitrogen and oxygen atoms in total. The van der Waals surface area contributed by atoms with Crippen LogP contribution in [0.3, 0.4) is 0 Å². The summed E-state index contributed by atoms with van der Waals surface area (Å²) in [5.41, 5.74) is 2.89. The number of aliphatic carboxylic acids is 1. The van der Waals surface area contributed by atoms with Crippen LogP contribution in [0.15, 0.2) is 23.6 Å². The molecule has 3 rings (SSSR count). The molecule has 0 spiro atoms. The van der Waals surface area contributed by atoms with Crippen LogP contribution in [-0.4, -0.2) is 20.7 Å².